The van der Waals surface area contributed by atoms with Gasteiger partial charge >= 0.3 is 0 Å². The van der Waals surface area contributed by atoms with Crippen LogP contribution in [-0.2, 0) is 0 Å². The quantitative estimate of drug-likeness (QED) is 0.307. The number of ketones is 1. The number of carbonyl (C=O) groups is 1. The van der Waals surface area contributed by atoms with Crippen molar-refractivity contribution in [2.24, 2.45) is 0 Å². The van der Waals surface area contributed by atoms with Crippen LogP contribution >= 0.6 is 23.2 Å². The number of aromatic amines is 1. The van der Waals surface area contributed by atoms with Crippen molar-refractivity contribution in [1.29, 1.82) is 0 Å². The Bertz CT molecular complexity index is 1290. The summed E-state index contributed by atoms with van der Waals surface area (Å²) in [6.45, 7) is 0. The molecule has 3 aromatic carbocycles. The average molecular weight is 420 g/mol. The maximum absolute atomic E-state index is 13.1. The van der Waals surface area contributed by atoms with Gasteiger partial charge in [0.2, 0.25) is 0 Å². The molecule has 0 spiro atoms. The molecule has 4 rings (SSSR count). The highest BCUT2D eigenvalue weighted by atomic mass is 35.5. The Morgan fingerprint density at radius 3 is 2.21 bits per heavy atom. The van der Waals surface area contributed by atoms with Crippen LogP contribution in [0.15, 0.2) is 83.7 Å². The van der Waals surface area contributed by atoms with Crippen LogP contribution < -0.4 is 5.56 Å². The molecule has 5 heteroatoms. The lowest BCUT2D eigenvalue weighted by Gasteiger charge is -2.11. The van der Waals surface area contributed by atoms with Gasteiger partial charge in [-0.25, -0.2) is 0 Å². The van der Waals surface area contributed by atoms with Crippen molar-refractivity contribution in [2.75, 3.05) is 0 Å². The molecule has 0 amide bonds. The van der Waals surface area contributed by atoms with Crippen molar-refractivity contribution in [1.82, 2.24) is 4.98 Å². The van der Waals surface area contributed by atoms with Crippen LogP contribution in [0.2, 0.25) is 10.0 Å². The molecule has 4 aromatic rings. The molecule has 1 heterocycles. The molecule has 29 heavy (non-hydrogen) atoms. The topological polar surface area (TPSA) is 49.9 Å². The normalized spacial score (nSPS) is 11.2. The van der Waals surface area contributed by atoms with Crippen molar-refractivity contribution >= 4 is 46.0 Å². The summed E-state index contributed by atoms with van der Waals surface area (Å²) in [7, 11) is 0. The van der Waals surface area contributed by atoms with Gasteiger partial charge in [0, 0.05) is 32.1 Å². The summed E-state index contributed by atoms with van der Waals surface area (Å²) < 4.78 is 0. The van der Waals surface area contributed by atoms with E-state index in [4.69, 9.17) is 23.2 Å². The minimum atomic E-state index is -0.442. The summed E-state index contributed by atoms with van der Waals surface area (Å²) in [4.78, 5) is 28.8. The maximum atomic E-state index is 13.1. The van der Waals surface area contributed by atoms with Crippen LogP contribution in [0.25, 0.3) is 28.1 Å². The van der Waals surface area contributed by atoms with Crippen molar-refractivity contribution in [3.05, 3.63) is 110 Å². The van der Waals surface area contributed by atoms with E-state index in [1.165, 1.54) is 12.2 Å². The van der Waals surface area contributed by atoms with E-state index in [0.29, 0.717) is 26.7 Å². The Morgan fingerprint density at radius 1 is 0.828 bits per heavy atom. The molecule has 142 valence electrons. The third kappa shape index (κ3) is 3.75. The molecule has 0 aliphatic rings. The zero-order valence-corrected chi connectivity index (χ0v) is 16.7. The van der Waals surface area contributed by atoms with Crippen LogP contribution in [0.5, 0.6) is 0 Å². The second-order valence-corrected chi connectivity index (χ2v) is 7.26. The highest BCUT2D eigenvalue weighted by molar-refractivity contribution is 6.37. The van der Waals surface area contributed by atoms with Crippen molar-refractivity contribution < 1.29 is 4.79 Å². The first-order valence-corrected chi connectivity index (χ1v) is 9.68. The van der Waals surface area contributed by atoms with Gasteiger partial charge in [-0.2, -0.15) is 0 Å². The number of H-pyrrole nitrogens is 1. The second kappa shape index (κ2) is 8.08. The van der Waals surface area contributed by atoms with E-state index >= 15 is 0 Å². The molecule has 0 unspecified atom stereocenters. The predicted octanol–water partition coefficient (Wildman–Crippen LogP) is 6.40. The van der Waals surface area contributed by atoms with Gasteiger partial charge in [-0.1, -0.05) is 77.8 Å². The molecular formula is C24H15Cl2NO2. The summed E-state index contributed by atoms with van der Waals surface area (Å²) in [5.41, 5.74) is 2.23. The number of aromatic nitrogens is 1. The number of para-hydroxylation sites is 1. The number of pyridine rings is 1. The van der Waals surface area contributed by atoms with Gasteiger partial charge in [-0.3, -0.25) is 9.59 Å². The molecule has 3 nitrogen and oxygen atoms in total. The number of fused-ring (bicyclic) bond motifs is 1. The summed E-state index contributed by atoms with van der Waals surface area (Å²) in [5.74, 6) is -0.424. The van der Waals surface area contributed by atoms with Gasteiger partial charge in [0.05, 0.1) is 5.56 Å². The highest BCUT2D eigenvalue weighted by Crippen LogP contribution is 2.30. The molecule has 0 radical (unpaired) electrons. The van der Waals surface area contributed by atoms with Gasteiger partial charge in [0.15, 0.2) is 5.78 Å². The van der Waals surface area contributed by atoms with Crippen LogP contribution in [0, 0.1) is 0 Å². The van der Waals surface area contributed by atoms with Gasteiger partial charge in [-0.05, 0) is 35.9 Å². The minimum Gasteiger partial charge on any atom is -0.321 e. The fourth-order valence-electron chi connectivity index (χ4n) is 3.30. The molecule has 0 saturated carbocycles. The zero-order valence-electron chi connectivity index (χ0n) is 15.2. The Hall–Kier alpha value is -3.14. The molecular weight excluding hydrogens is 405 g/mol. The number of hydrogen-bond acceptors (Lipinski definition) is 2. The SMILES string of the molecule is O=C(/C=C/c1c(Cl)cccc1Cl)c1c(-c2ccccc2)c2ccccc2[nH]c1=O. The Balaban J connectivity index is 1.92. The van der Waals surface area contributed by atoms with E-state index in [1.54, 1.807) is 18.2 Å². The standard InChI is InChI=1S/C24H15Cl2NO2/c25-18-10-6-11-19(26)16(18)13-14-21(28)23-22(15-7-2-1-3-8-15)17-9-4-5-12-20(17)27-24(23)29/h1-14H,(H,27,29)/b14-13+. The smallest absolute Gasteiger partial charge is 0.260 e. The maximum Gasteiger partial charge on any atom is 0.260 e. The number of halogens is 2. The van der Waals surface area contributed by atoms with Crippen molar-refractivity contribution in [3.63, 3.8) is 0 Å². The number of allylic oxidation sites excluding steroid dienone is 1. The van der Waals surface area contributed by atoms with Crippen molar-refractivity contribution in [3.8, 4) is 11.1 Å². The molecule has 0 aliphatic heterocycles. The minimum absolute atomic E-state index is 0.0781. The van der Waals surface area contributed by atoms with Gasteiger partial charge in [-0.15, -0.1) is 0 Å². The Morgan fingerprint density at radius 2 is 1.48 bits per heavy atom. The van der Waals surface area contributed by atoms with Crippen LogP contribution in [0.1, 0.15) is 15.9 Å². The van der Waals surface area contributed by atoms with Crippen molar-refractivity contribution in [2.45, 2.75) is 0 Å². The van der Waals surface area contributed by atoms with E-state index in [-0.39, 0.29) is 5.56 Å². The average Bonchev–Trinajstić information content (AvgIpc) is 2.73. The Kier molecular flexibility index (Phi) is 5.34. The first kappa shape index (κ1) is 19.2. The lowest BCUT2D eigenvalue weighted by Crippen LogP contribution is -2.18. The third-order valence-electron chi connectivity index (χ3n) is 4.63. The summed E-state index contributed by atoms with van der Waals surface area (Å²) >= 11 is 12.4. The fourth-order valence-corrected chi connectivity index (χ4v) is 3.82. The molecule has 0 bridgehead atoms. The van der Waals surface area contributed by atoms with E-state index < -0.39 is 11.3 Å². The lowest BCUT2D eigenvalue weighted by atomic mass is 9.94. The third-order valence-corrected chi connectivity index (χ3v) is 5.29. The first-order valence-electron chi connectivity index (χ1n) is 8.93. The first-order chi connectivity index (χ1) is 14.1. The fraction of sp³-hybridized carbons (Fsp3) is 0. The van der Waals surface area contributed by atoms with Gasteiger partial charge < -0.3 is 4.98 Å². The van der Waals surface area contributed by atoms with E-state index in [1.807, 2.05) is 54.6 Å². The molecule has 0 fully saturated rings. The van der Waals surface area contributed by atoms with Crippen LogP contribution in [0.4, 0.5) is 0 Å². The Labute approximate surface area is 177 Å². The van der Waals surface area contributed by atoms with Crippen LogP contribution in [0.3, 0.4) is 0 Å². The second-order valence-electron chi connectivity index (χ2n) is 6.45. The molecule has 0 aliphatic carbocycles. The number of hydrogen-bond donors (Lipinski definition) is 1. The van der Waals surface area contributed by atoms with Gasteiger partial charge in [0.25, 0.3) is 5.56 Å². The van der Waals surface area contributed by atoms with E-state index in [9.17, 15) is 9.59 Å². The summed E-state index contributed by atoms with van der Waals surface area (Å²) in [5, 5.41) is 1.65. The van der Waals surface area contributed by atoms with E-state index in [2.05, 4.69) is 4.98 Å². The zero-order chi connectivity index (χ0) is 20.4. The number of benzene rings is 3. The number of nitrogens with one attached hydrogen (secondary N) is 1. The lowest BCUT2D eigenvalue weighted by molar-refractivity contribution is 0.104. The largest absolute Gasteiger partial charge is 0.321 e. The molecule has 0 saturated heterocycles. The van der Waals surface area contributed by atoms with E-state index in [0.717, 1.165) is 10.9 Å². The molecule has 0 atom stereocenters. The molecule has 1 aromatic heterocycles. The number of carbonyl (C=O) groups excluding carboxylic acids is 1. The van der Waals surface area contributed by atoms with Gasteiger partial charge in [0.1, 0.15) is 0 Å². The highest BCUT2D eigenvalue weighted by Gasteiger charge is 2.19. The molecule has 1 N–H and O–H groups in total. The number of rotatable bonds is 4. The summed E-state index contributed by atoms with van der Waals surface area (Å²) in [6, 6.07) is 21.9. The summed E-state index contributed by atoms with van der Waals surface area (Å²) in [6.07, 6.45) is 2.87. The van der Waals surface area contributed by atoms with Crippen LogP contribution in [-0.4, -0.2) is 10.8 Å². The predicted molar refractivity (Wildman–Crippen MR) is 120 cm³/mol. The monoisotopic (exact) mass is 419 g/mol.